The summed E-state index contributed by atoms with van der Waals surface area (Å²) in [6.07, 6.45) is 0.714. The first kappa shape index (κ1) is 36.4. The average molecular weight is 672 g/mol. The minimum Gasteiger partial charge on any atom is -0.497 e. The van der Waals surface area contributed by atoms with E-state index in [1.165, 1.54) is 0 Å². The molecule has 0 fully saturated rings. The van der Waals surface area contributed by atoms with Crippen molar-refractivity contribution in [3.63, 3.8) is 0 Å². The van der Waals surface area contributed by atoms with Crippen LogP contribution in [-0.4, -0.2) is 74.5 Å². The maximum atomic E-state index is 13.6. The average Bonchev–Trinajstić information content (AvgIpc) is 3.09. The lowest BCUT2D eigenvalue weighted by Crippen LogP contribution is -2.57. The molecular weight excluding hydrogens is 626 g/mol. The molecule has 0 aromatic heterocycles. The third-order valence-corrected chi connectivity index (χ3v) is 8.05. The zero-order chi connectivity index (χ0) is 35.2. The van der Waals surface area contributed by atoms with Gasteiger partial charge in [-0.2, -0.15) is 0 Å². The lowest BCUT2D eigenvalue weighted by molar-refractivity contribution is -0.133. The van der Waals surface area contributed by atoms with Crippen LogP contribution in [0.3, 0.4) is 0 Å². The minimum atomic E-state index is -1.27. The Labute approximate surface area is 286 Å². The number of ether oxygens (including phenoxy) is 2. The molecule has 3 aromatic rings. The molecule has 1 aliphatic rings. The van der Waals surface area contributed by atoms with Crippen LogP contribution in [0.4, 0.5) is 0 Å². The maximum Gasteiger partial charge on any atom is 0.255 e. The van der Waals surface area contributed by atoms with Crippen molar-refractivity contribution in [1.29, 1.82) is 0 Å². The van der Waals surface area contributed by atoms with Crippen LogP contribution < -0.4 is 36.1 Å². The molecule has 3 aromatic carbocycles. The zero-order valence-corrected chi connectivity index (χ0v) is 28.1. The molecule has 0 aliphatic carbocycles. The lowest BCUT2D eigenvalue weighted by Gasteiger charge is -2.26. The first-order chi connectivity index (χ1) is 23.6. The number of nitrogens with one attached hydrogen (secondary N) is 5. The van der Waals surface area contributed by atoms with Crippen LogP contribution in [0, 0.1) is 5.92 Å². The van der Waals surface area contributed by atoms with Crippen LogP contribution in [0.25, 0.3) is 0 Å². The Kier molecular flexibility index (Phi) is 13.6. The molecule has 1 aliphatic heterocycles. The molecule has 1 heterocycles. The molecule has 3 atom stereocenters. The smallest absolute Gasteiger partial charge is 0.255 e. The summed E-state index contributed by atoms with van der Waals surface area (Å²) in [5, 5.41) is 13.9. The number of carbonyl (C=O) groups excluding carboxylic acids is 5. The topological polar surface area (TPSA) is 164 Å². The molecule has 0 saturated carbocycles. The summed E-state index contributed by atoms with van der Waals surface area (Å²) in [6, 6.07) is 20.2. The number of amides is 5. The molecule has 4 rings (SSSR count). The van der Waals surface area contributed by atoms with Gasteiger partial charge < -0.3 is 36.1 Å². The summed E-state index contributed by atoms with van der Waals surface area (Å²) in [6.45, 7) is 4.22. The van der Waals surface area contributed by atoms with Gasteiger partial charge in [-0.1, -0.05) is 68.4 Å². The third kappa shape index (κ3) is 11.1. The quantitative estimate of drug-likeness (QED) is 0.245. The predicted octanol–water partition coefficient (Wildman–Crippen LogP) is 2.31. The van der Waals surface area contributed by atoms with Crippen molar-refractivity contribution in [2.45, 2.75) is 57.7 Å². The van der Waals surface area contributed by atoms with E-state index in [2.05, 4.69) is 26.6 Å². The second-order valence-electron chi connectivity index (χ2n) is 12.2. The first-order valence-corrected chi connectivity index (χ1v) is 16.5. The molecule has 12 nitrogen and oxygen atoms in total. The van der Waals surface area contributed by atoms with Crippen molar-refractivity contribution in [2.75, 3.05) is 26.8 Å². The Balaban J connectivity index is 1.57. The lowest BCUT2D eigenvalue weighted by atomic mass is 10.0. The third-order valence-electron chi connectivity index (χ3n) is 8.05. The van der Waals surface area contributed by atoms with Gasteiger partial charge >= 0.3 is 0 Å². The Morgan fingerprint density at radius 2 is 1.63 bits per heavy atom. The van der Waals surface area contributed by atoms with Crippen LogP contribution >= 0.6 is 0 Å². The van der Waals surface area contributed by atoms with E-state index in [-0.39, 0.29) is 43.5 Å². The van der Waals surface area contributed by atoms with Gasteiger partial charge in [0.15, 0.2) is 0 Å². The molecule has 0 bridgehead atoms. The second kappa shape index (κ2) is 18.2. The fraction of sp³-hybridized carbons (Fsp3) is 0.378. The molecular formula is C37H45N5O7. The second-order valence-corrected chi connectivity index (χ2v) is 12.2. The summed E-state index contributed by atoms with van der Waals surface area (Å²) in [5.74, 6) is -2.09. The number of fused-ring (bicyclic) bond motifs is 1. The minimum absolute atomic E-state index is 0.185. The monoisotopic (exact) mass is 671 g/mol. The standard InChI is InChI=1S/C37H45N5O7/c1-24(2)33-37(47)41-29(22-25-11-5-4-6-12-25)35(45)38-18-10-20-49-31-16-8-7-15-28(31)34(44)40-30(23-32(43)42-33)36(46)39-19-17-26-13-9-14-27(21-26)48-3/h4-9,11-16,21,24,29-30,33H,10,17-20,22-23H2,1-3H3,(H,38,45)(H,39,46)(H,40,44)(H,41,47)(H,42,43)/t29-,30-,33+/m0/s1. The van der Waals surface area contributed by atoms with Crippen LogP contribution in [0.1, 0.15) is 48.2 Å². The largest absolute Gasteiger partial charge is 0.497 e. The molecule has 12 heteroatoms. The van der Waals surface area contributed by atoms with Gasteiger partial charge in [-0.25, -0.2) is 0 Å². The zero-order valence-electron chi connectivity index (χ0n) is 28.1. The van der Waals surface area contributed by atoms with Gasteiger partial charge in [-0.15, -0.1) is 0 Å². The fourth-order valence-corrected chi connectivity index (χ4v) is 5.37. The summed E-state index contributed by atoms with van der Waals surface area (Å²) in [4.78, 5) is 67.3. The number of rotatable bonds is 8. The predicted molar refractivity (Wildman–Crippen MR) is 184 cm³/mol. The van der Waals surface area contributed by atoms with Crippen LogP contribution in [0.15, 0.2) is 78.9 Å². The van der Waals surface area contributed by atoms with Gasteiger partial charge in [-0.05, 0) is 54.2 Å². The Morgan fingerprint density at radius 3 is 2.39 bits per heavy atom. The SMILES string of the molecule is COc1cccc(CCNC(=O)[C@@H]2CC(=O)N[C@H](C(C)C)C(=O)N[C@@H](Cc3ccccc3)C(=O)NCCCOc3ccccc3C(=O)N2)c1. The van der Waals surface area contributed by atoms with E-state index in [9.17, 15) is 24.0 Å². The molecule has 49 heavy (non-hydrogen) atoms. The van der Waals surface area contributed by atoms with Crippen LogP contribution in [-0.2, 0) is 32.0 Å². The highest BCUT2D eigenvalue weighted by molar-refractivity contribution is 6.01. The number of para-hydroxylation sites is 1. The first-order valence-electron chi connectivity index (χ1n) is 16.5. The van der Waals surface area contributed by atoms with Crippen molar-refractivity contribution in [3.8, 4) is 11.5 Å². The summed E-state index contributed by atoms with van der Waals surface area (Å²) < 4.78 is 11.2. The Bertz CT molecular complexity index is 1600. The van der Waals surface area contributed by atoms with E-state index in [1.807, 2.05) is 54.6 Å². The van der Waals surface area contributed by atoms with Crippen molar-refractivity contribution >= 4 is 29.5 Å². The van der Waals surface area contributed by atoms with Crippen LogP contribution in [0.2, 0.25) is 0 Å². The van der Waals surface area contributed by atoms with E-state index < -0.39 is 48.2 Å². The fourth-order valence-electron chi connectivity index (χ4n) is 5.37. The van der Waals surface area contributed by atoms with Crippen molar-refractivity contribution in [1.82, 2.24) is 26.6 Å². The maximum absolute atomic E-state index is 13.6. The normalized spacial score (nSPS) is 19.5. The molecule has 5 amide bonds. The summed E-state index contributed by atoms with van der Waals surface area (Å²) in [5.41, 5.74) is 1.97. The number of hydrogen-bond donors (Lipinski definition) is 5. The molecule has 0 spiro atoms. The van der Waals surface area contributed by atoms with Gasteiger partial charge in [0.05, 0.1) is 25.7 Å². The highest BCUT2D eigenvalue weighted by Crippen LogP contribution is 2.19. The van der Waals surface area contributed by atoms with Gasteiger partial charge in [0.2, 0.25) is 23.6 Å². The Hall–Kier alpha value is -5.39. The summed E-state index contributed by atoms with van der Waals surface area (Å²) in [7, 11) is 1.57. The van der Waals surface area contributed by atoms with E-state index in [1.54, 1.807) is 45.2 Å². The van der Waals surface area contributed by atoms with E-state index in [0.29, 0.717) is 24.3 Å². The van der Waals surface area contributed by atoms with Crippen molar-refractivity contribution in [3.05, 3.63) is 95.6 Å². The highest BCUT2D eigenvalue weighted by atomic mass is 16.5. The van der Waals surface area contributed by atoms with Gasteiger partial charge in [0, 0.05) is 19.5 Å². The van der Waals surface area contributed by atoms with E-state index in [4.69, 9.17) is 9.47 Å². The molecule has 0 unspecified atom stereocenters. The Morgan fingerprint density at radius 1 is 0.898 bits per heavy atom. The highest BCUT2D eigenvalue weighted by Gasteiger charge is 2.31. The number of methoxy groups -OCH3 is 1. The van der Waals surface area contributed by atoms with Crippen molar-refractivity contribution < 1.29 is 33.4 Å². The molecule has 0 radical (unpaired) electrons. The summed E-state index contributed by atoms with van der Waals surface area (Å²) >= 11 is 0. The molecule has 0 saturated heterocycles. The number of benzene rings is 3. The van der Waals surface area contributed by atoms with E-state index in [0.717, 1.165) is 11.1 Å². The molecule has 260 valence electrons. The number of carbonyl (C=O) groups is 5. The molecule has 5 N–H and O–H groups in total. The van der Waals surface area contributed by atoms with E-state index >= 15 is 0 Å². The van der Waals surface area contributed by atoms with Gasteiger partial charge in [0.25, 0.3) is 5.91 Å². The van der Waals surface area contributed by atoms with Gasteiger partial charge in [-0.3, -0.25) is 24.0 Å². The van der Waals surface area contributed by atoms with Crippen molar-refractivity contribution in [2.24, 2.45) is 5.92 Å². The van der Waals surface area contributed by atoms with Crippen LogP contribution in [0.5, 0.6) is 11.5 Å². The number of hydrogen-bond acceptors (Lipinski definition) is 7. The van der Waals surface area contributed by atoms with Gasteiger partial charge in [0.1, 0.15) is 29.6 Å².